The number of nitrogens with zero attached hydrogens (tertiary/aromatic N) is 1. The molecular formula is C26H33F3N2O7. The summed E-state index contributed by atoms with van der Waals surface area (Å²) >= 11 is 0. The lowest BCUT2D eigenvalue weighted by Gasteiger charge is -2.26. The number of carbonyl (C=O) groups excluding carboxylic acids is 3. The zero-order valence-corrected chi connectivity index (χ0v) is 21.8. The Morgan fingerprint density at radius 3 is 2.55 bits per heavy atom. The third kappa shape index (κ3) is 7.47. The normalized spacial score (nSPS) is 16.2. The number of benzene rings is 1. The van der Waals surface area contributed by atoms with E-state index in [2.05, 4.69) is 4.90 Å². The smallest absolute Gasteiger partial charge is 0.471 e. The first-order valence-electron chi connectivity index (χ1n) is 12.4. The van der Waals surface area contributed by atoms with Crippen molar-refractivity contribution in [2.75, 3.05) is 51.9 Å². The molecule has 9 nitrogen and oxygen atoms in total. The molecular weight excluding hydrogens is 509 g/mol. The SMILES string of the molecule is COc1c(C)c2c(c(NC(=O)C(F)(F)F)c1C/C=C(\C)CCC(=O)OCCCN1CCOCC1)C(=O)OC2. The van der Waals surface area contributed by atoms with Crippen LogP contribution in [0.25, 0.3) is 0 Å². The van der Waals surface area contributed by atoms with Gasteiger partial charge in [-0.1, -0.05) is 11.6 Å². The van der Waals surface area contributed by atoms with E-state index in [-0.39, 0.29) is 48.0 Å². The predicted octanol–water partition coefficient (Wildman–Crippen LogP) is 3.71. The topological polar surface area (TPSA) is 103 Å². The Balaban J connectivity index is 1.66. The summed E-state index contributed by atoms with van der Waals surface area (Å²) in [6.07, 6.45) is -2.13. The van der Waals surface area contributed by atoms with Crippen molar-refractivity contribution in [3.8, 4) is 5.75 Å². The van der Waals surface area contributed by atoms with Crippen molar-refractivity contribution in [1.29, 1.82) is 0 Å². The molecule has 210 valence electrons. The molecule has 2 heterocycles. The zero-order valence-electron chi connectivity index (χ0n) is 21.8. The molecule has 12 heteroatoms. The van der Waals surface area contributed by atoms with Gasteiger partial charge in [-0.05, 0) is 38.7 Å². The Morgan fingerprint density at radius 2 is 1.89 bits per heavy atom. The van der Waals surface area contributed by atoms with Crippen molar-refractivity contribution in [1.82, 2.24) is 4.90 Å². The van der Waals surface area contributed by atoms with E-state index in [1.165, 1.54) is 7.11 Å². The lowest BCUT2D eigenvalue weighted by atomic mass is 9.93. The summed E-state index contributed by atoms with van der Waals surface area (Å²) in [5, 5.41) is 1.85. The van der Waals surface area contributed by atoms with Crippen LogP contribution in [0.2, 0.25) is 0 Å². The number of amides is 1. The van der Waals surface area contributed by atoms with Gasteiger partial charge in [0.25, 0.3) is 0 Å². The zero-order chi connectivity index (χ0) is 27.9. The van der Waals surface area contributed by atoms with Crippen molar-refractivity contribution in [2.45, 2.75) is 52.3 Å². The number of cyclic esters (lactones) is 1. The van der Waals surface area contributed by atoms with E-state index in [1.54, 1.807) is 19.9 Å². The van der Waals surface area contributed by atoms with Crippen LogP contribution in [0.3, 0.4) is 0 Å². The van der Waals surface area contributed by atoms with Gasteiger partial charge >= 0.3 is 24.0 Å². The Kier molecular flexibility index (Phi) is 10.1. The van der Waals surface area contributed by atoms with Crippen LogP contribution in [0.15, 0.2) is 11.6 Å². The molecule has 2 aliphatic heterocycles. The summed E-state index contributed by atoms with van der Waals surface area (Å²) in [6, 6.07) is 0. The number of morpholine rings is 1. The Bertz CT molecular complexity index is 1080. The molecule has 0 radical (unpaired) electrons. The first kappa shape index (κ1) is 29.4. The lowest BCUT2D eigenvalue weighted by Crippen LogP contribution is -2.37. The molecule has 38 heavy (non-hydrogen) atoms. The highest BCUT2D eigenvalue weighted by molar-refractivity contribution is 6.07. The van der Waals surface area contributed by atoms with Gasteiger partial charge in [-0.25, -0.2) is 4.79 Å². The van der Waals surface area contributed by atoms with Gasteiger partial charge in [-0.15, -0.1) is 0 Å². The van der Waals surface area contributed by atoms with Gasteiger partial charge in [0, 0.05) is 37.2 Å². The Labute approximate surface area is 219 Å². The average Bonchev–Trinajstić information content (AvgIpc) is 3.27. The predicted molar refractivity (Wildman–Crippen MR) is 131 cm³/mol. The molecule has 0 aromatic heterocycles. The van der Waals surface area contributed by atoms with Gasteiger partial charge < -0.3 is 24.3 Å². The largest absolute Gasteiger partial charge is 0.496 e. The third-order valence-electron chi connectivity index (χ3n) is 6.54. The molecule has 1 N–H and O–H groups in total. The second-order valence-electron chi connectivity index (χ2n) is 9.18. The second-order valence-corrected chi connectivity index (χ2v) is 9.18. The van der Waals surface area contributed by atoms with Crippen LogP contribution in [-0.2, 0) is 36.8 Å². The summed E-state index contributed by atoms with van der Waals surface area (Å²) in [6.45, 7) is 7.64. The summed E-state index contributed by atoms with van der Waals surface area (Å²) in [7, 11) is 1.36. The maximum Gasteiger partial charge on any atom is 0.471 e. The van der Waals surface area contributed by atoms with E-state index in [1.807, 2.05) is 5.32 Å². The van der Waals surface area contributed by atoms with Gasteiger partial charge in [0.05, 0.1) is 38.2 Å². The fourth-order valence-electron chi connectivity index (χ4n) is 4.42. The minimum Gasteiger partial charge on any atom is -0.496 e. The molecule has 1 saturated heterocycles. The van der Waals surface area contributed by atoms with Crippen molar-refractivity contribution in [3.63, 3.8) is 0 Å². The molecule has 2 aliphatic rings. The quantitative estimate of drug-likeness (QED) is 0.257. The number of alkyl halides is 3. The summed E-state index contributed by atoms with van der Waals surface area (Å²) in [5.41, 5.74) is 1.51. The van der Waals surface area contributed by atoms with Crippen LogP contribution < -0.4 is 10.1 Å². The van der Waals surface area contributed by atoms with E-state index in [4.69, 9.17) is 18.9 Å². The highest BCUT2D eigenvalue weighted by atomic mass is 19.4. The van der Waals surface area contributed by atoms with Gasteiger partial charge in [0.1, 0.15) is 12.4 Å². The van der Waals surface area contributed by atoms with Crippen molar-refractivity contribution in [3.05, 3.63) is 33.9 Å². The maximum absolute atomic E-state index is 13.1. The lowest BCUT2D eigenvalue weighted by molar-refractivity contribution is -0.167. The highest BCUT2D eigenvalue weighted by Gasteiger charge is 2.41. The average molecular weight is 543 g/mol. The number of hydrogen-bond donors (Lipinski definition) is 1. The van der Waals surface area contributed by atoms with Crippen LogP contribution in [0.4, 0.5) is 18.9 Å². The Hall–Kier alpha value is -3.12. The standard InChI is InChI=1S/C26H33F3N2O7/c1-16(6-8-20(32)37-12-4-9-31-10-13-36-14-11-31)5-7-18-22(30-25(34)26(27,28)29)21-19(15-38-24(21)33)17(2)23(18)35-3/h5H,4,6-15H2,1-3H3,(H,30,34)/b16-5+. The fraction of sp³-hybridized carbons (Fsp3) is 0.577. The van der Waals surface area contributed by atoms with Gasteiger partial charge in [-0.2, -0.15) is 13.2 Å². The molecule has 1 aromatic rings. The van der Waals surface area contributed by atoms with E-state index in [0.717, 1.165) is 31.6 Å². The van der Waals surface area contributed by atoms with Crippen LogP contribution in [-0.4, -0.2) is 75.5 Å². The van der Waals surface area contributed by atoms with Crippen molar-refractivity contribution in [2.24, 2.45) is 0 Å². The Morgan fingerprint density at radius 1 is 1.18 bits per heavy atom. The molecule has 3 rings (SSSR count). The van der Waals surface area contributed by atoms with Gasteiger partial charge in [0.2, 0.25) is 0 Å². The number of rotatable bonds is 11. The first-order valence-corrected chi connectivity index (χ1v) is 12.4. The van der Waals surface area contributed by atoms with Crippen LogP contribution in [0, 0.1) is 6.92 Å². The summed E-state index contributed by atoms with van der Waals surface area (Å²) in [5.74, 6) is -3.11. The van der Waals surface area contributed by atoms with E-state index in [0.29, 0.717) is 37.4 Å². The molecule has 0 atom stereocenters. The maximum atomic E-state index is 13.1. The number of nitrogens with one attached hydrogen (secondary N) is 1. The number of anilines is 1. The number of fused-ring (bicyclic) bond motifs is 1. The number of methoxy groups -OCH3 is 1. The highest BCUT2D eigenvalue weighted by Crippen LogP contribution is 2.42. The summed E-state index contributed by atoms with van der Waals surface area (Å²) in [4.78, 5) is 38.5. The number of allylic oxidation sites excluding steroid dienone is 2. The second kappa shape index (κ2) is 13.1. The van der Waals surface area contributed by atoms with Crippen molar-refractivity contribution >= 4 is 23.5 Å². The minimum atomic E-state index is -5.15. The molecule has 0 bridgehead atoms. The molecule has 0 unspecified atom stereocenters. The van der Waals surface area contributed by atoms with Crippen molar-refractivity contribution < 1.29 is 46.5 Å². The first-order chi connectivity index (χ1) is 18.0. The molecule has 0 saturated carbocycles. The molecule has 1 amide bonds. The van der Waals surface area contributed by atoms with E-state index in [9.17, 15) is 27.6 Å². The fourth-order valence-corrected chi connectivity index (χ4v) is 4.42. The minimum absolute atomic E-state index is 0.0540. The molecule has 1 fully saturated rings. The number of carbonyl (C=O) groups is 3. The molecule has 1 aromatic carbocycles. The number of ether oxygens (including phenoxy) is 4. The van der Waals surface area contributed by atoms with Crippen LogP contribution in [0.1, 0.15) is 53.2 Å². The number of hydrogen-bond acceptors (Lipinski definition) is 8. The number of halogens is 3. The van der Waals surface area contributed by atoms with E-state index >= 15 is 0 Å². The number of esters is 2. The van der Waals surface area contributed by atoms with Gasteiger partial charge in [-0.3, -0.25) is 14.5 Å². The van der Waals surface area contributed by atoms with Gasteiger partial charge in [0.15, 0.2) is 0 Å². The molecule has 0 spiro atoms. The summed E-state index contributed by atoms with van der Waals surface area (Å²) < 4.78 is 60.3. The third-order valence-corrected chi connectivity index (χ3v) is 6.54. The van der Waals surface area contributed by atoms with E-state index < -0.39 is 18.1 Å². The van der Waals surface area contributed by atoms with Crippen LogP contribution >= 0.6 is 0 Å². The molecule has 0 aliphatic carbocycles. The monoisotopic (exact) mass is 542 g/mol. The van der Waals surface area contributed by atoms with Crippen LogP contribution in [0.5, 0.6) is 5.75 Å².